The minimum Gasteiger partial charge on any atom is -0.461 e. The standard InChI is InChI=1S/C9H6Br2O3/c10-9(11)7(12)5-3-1-2-4-6(5)14-8(9)13/h1-4,8,13H. The second-order valence-corrected chi connectivity index (χ2v) is 6.48. The molecule has 14 heavy (non-hydrogen) atoms. The zero-order valence-electron chi connectivity index (χ0n) is 6.91. The van der Waals surface area contributed by atoms with Crippen LogP contribution in [0.1, 0.15) is 10.4 Å². The topological polar surface area (TPSA) is 46.5 Å². The molecule has 1 aromatic carbocycles. The quantitative estimate of drug-likeness (QED) is 0.744. The van der Waals surface area contributed by atoms with E-state index in [0.717, 1.165) is 0 Å². The molecule has 5 heteroatoms. The van der Waals surface area contributed by atoms with E-state index in [2.05, 4.69) is 31.9 Å². The summed E-state index contributed by atoms with van der Waals surface area (Å²) in [4.78, 5) is 11.8. The molecular formula is C9H6Br2O3. The number of Topliss-reactive ketones (excluding diaryl/α,β-unsaturated/α-hetero) is 1. The van der Waals surface area contributed by atoms with Gasteiger partial charge in [-0.2, -0.15) is 0 Å². The molecule has 0 saturated carbocycles. The van der Waals surface area contributed by atoms with Crippen LogP contribution in [0, 0.1) is 0 Å². The lowest BCUT2D eigenvalue weighted by atomic mass is 10.0. The van der Waals surface area contributed by atoms with E-state index in [4.69, 9.17) is 4.74 Å². The van der Waals surface area contributed by atoms with Crippen LogP contribution in [-0.2, 0) is 0 Å². The number of carbonyl (C=O) groups excluding carboxylic acids is 1. The number of aliphatic hydroxyl groups excluding tert-OH is 1. The lowest BCUT2D eigenvalue weighted by Gasteiger charge is -2.31. The summed E-state index contributed by atoms with van der Waals surface area (Å²) in [5.74, 6) is 0.159. The number of aliphatic hydroxyl groups is 1. The minimum absolute atomic E-state index is 0.244. The molecule has 1 atom stereocenters. The highest BCUT2D eigenvalue weighted by Gasteiger charge is 2.47. The number of halogens is 2. The lowest BCUT2D eigenvalue weighted by Crippen LogP contribution is -2.45. The Morgan fingerprint density at radius 1 is 1.36 bits per heavy atom. The molecule has 1 aliphatic rings. The first-order valence-corrected chi connectivity index (χ1v) is 5.48. The Hall–Kier alpha value is -0.390. The van der Waals surface area contributed by atoms with Crippen LogP contribution in [0.5, 0.6) is 5.75 Å². The van der Waals surface area contributed by atoms with Gasteiger partial charge in [0.05, 0.1) is 5.56 Å². The third-order valence-electron chi connectivity index (χ3n) is 1.98. The van der Waals surface area contributed by atoms with Gasteiger partial charge in [0.1, 0.15) is 5.75 Å². The van der Waals surface area contributed by atoms with E-state index >= 15 is 0 Å². The van der Waals surface area contributed by atoms with Gasteiger partial charge in [0, 0.05) is 0 Å². The molecule has 0 aromatic heterocycles. The lowest BCUT2D eigenvalue weighted by molar-refractivity contribution is -0.0244. The summed E-state index contributed by atoms with van der Waals surface area (Å²) in [6.07, 6.45) is -1.23. The number of benzene rings is 1. The van der Waals surface area contributed by atoms with Crippen LogP contribution < -0.4 is 4.74 Å². The molecule has 1 unspecified atom stereocenters. The minimum atomic E-state index is -1.24. The fraction of sp³-hybridized carbons (Fsp3) is 0.222. The maximum atomic E-state index is 11.8. The smallest absolute Gasteiger partial charge is 0.230 e. The molecule has 1 heterocycles. The van der Waals surface area contributed by atoms with Crippen LogP contribution in [-0.4, -0.2) is 20.4 Å². The van der Waals surface area contributed by atoms with Crippen molar-refractivity contribution in [3.63, 3.8) is 0 Å². The van der Waals surface area contributed by atoms with E-state index in [1.807, 2.05) is 0 Å². The average Bonchev–Trinajstić information content (AvgIpc) is 2.15. The Morgan fingerprint density at radius 3 is 2.71 bits per heavy atom. The summed E-state index contributed by atoms with van der Waals surface area (Å²) < 4.78 is 3.92. The fourth-order valence-corrected chi connectivity index (χ4v) is 1.86. The van der Waals surface area contributed by atoms with Crippen molar-refractivity contribution >= 4 is 37.6 Å². The molecule has 0 bridgehead atoms. The van der Waals surface area contributed by atoms with E-state index in [1.165, 1.54) is 0 Å². The SMILES string of the molecule is O=C1c2ccccc2OC(O)C1(Br)Br. The first-order valence-electron chi connectivity index (χ1n) is 3.90. The van der Waals surface area contributed by atoms with Crippen molar-refractivity contribution < 1.29 is 14.6 Å². The summed E-state index contributed by atoms with van der Waals surface area (Å²) >= 11 is 6.17. The molecule has 2 rings (SSSR count). The number of hydrogen-bond acceptors (Lipinski definition) is 3. The van der Waals surface area contributed by atoms with Crippen LogP contribution in [0.3, 0.4) is 0 Å². The summed E-state index contributed by atoms with van der Waals surface area (Å²) in [5, 5.41) is 9.52. The van der Waals surface area contributed by atoms with Gasteiger partial charge in [0.2, 0.25) is 9.52 Å². The summed E-state index contributed by atoms with van der Waals surface area (Å²) in [6, 6.07) is 6.79. The van der Waals surface area contributed by atoms with Gasteiger partial charge in [0.15, 0.2) is 5.78 Å². The maximum absolute atomic E-state index is 11.8. The summed E-state index contributed by atoms with van der Waals surface area (Å²) in [7, 11) is 0. The number of carbonyl (C=O) groups is 1. The number of para-hydroxylation sites is 1. The zero-order chi connectivity index (χ0) is 10.3. The molecule has 0 fully saturated rings. The Morgan fingerprint density at radius 2 is 2.00 bits per heavy atom. The first kappa shape index (κ1) is 10.1. The number of fused-ring (bicyclic) bond motifs is 1. The molecule has 0 radical (unpaired) electrons. The summed E-state index contributed by atoms with van der Waals surface area (Å²) in [5.41, 5.74) is 0.451. The largest absolute Gasteiger partial charge is 0.461 e. The van der Waals surface area contributed by atoms with Crippen molar-refractivity contribution in [3.05, 3.63) is 29.8 Å². The second kappa shape index (κ2) is 3.32. The number of rotatable bonds is 0. The molecule has 3 nitrogen and oxygen atoms in total. The van der Waals surface area contributed by atoms with Gasteiger partial charge < -0.3 is 9.84 Å². The van der Waals surface area contributed by atoms with Crippen molar-refractivity contribution in [2.75, 3.05) is 0 Å². The van der Waals surface area contributed by atoms with Crippen LogP contribution in [0.25, 0.3) is 0 Å². The third kappa shape index (κ3) is 1.39. The van der Waals surface area contributed by atoms with E-state index in [-0.39, 0.29) is 5.78 Å². The van der Waals surface area contributed by atoms with Crippen molar-refractivity contribution in [1.82, 2.24) is 0 Å². The zero-order valence-corrected chi connectivity index (χ0v) is 10.1. The van der Waals surface area contributed by atoms with Gasteiger partial charge in [0.25, 0.3) is 0 Å². The van der Waals surface area contributed by atoms with E-state index in [0.29, 0.717) is 11.3 Å². The van der Waals surface area contributed by atoms with Crippen LogP contribution in [0.4, 0.5) is 0 Å². The fourth-order valence-electron chi connectivity index (χ4n) is 1.24. The maximum Gasteiger partial charge on any atom is 0.230 e. The third-order valence-corrected chi connectivity index (χ3v) is 3.49. The van der Waals surface area contributed by atoms with E-state index in [1.54, 1.807) is 24.3 Å². The number of ether oxygens (including phenoxy) is 1. The molecule has 74 valence electrons. The van der Waals surface area contributed by atoms with Gasteiger partial charge in [-0.25, -0.2) is 0 Å². The van der Waals surface area contributed by atoms with E-state index < -0.39 is 9.52 Å². The number of alkyl halides is 2. The predicted octanol–water partition coefficient (Wildman–Crippen LogP) is 2.07. The monoisotopic (exact) mass is 320 g/mol. The highest BCUT2D eigenvalue weighted by molar-refractivity contribution is 9.26. The van der Waals surface area contributed by atoms with Crippen molar-refractivity contribution in [3.8, 4) is 5.75 Å². The Kier molecular flexibility index (Phi) is 2.41. The molecule has 0 saturated heterocycles. The molecule has 1 aliphatic heterocycles. The van der Waals surface area contributed by atoms with Gasteiger partial charge in [-0.3, -0.25) is 4.79 Å². The molecule has 1 N–H and O–H groups in total. The Labute approximate surface area is 97.3 Å². The second-order valence-electron chi connectivity index (χ2n) is 2.92. The first-order chi connectivity index (χ1) is 6.53. The van der Waals surface area contributed by atoms with Gasteiger partial charge >= 0.3 is 0 Å². The normalized spacial score (nSPS) is 23.9. The highest BCUT2D eigenvalue weighted by Crippen LogP contribution is 2.41. The Bertz CT molecular complexity index is 389. The van der Waals surface area contributed by atoms with Gasteiger partial charge in [-0.1, -0.05) is 44.0 Å². The predicted molar refractivity (Wildman–Crippen MR) is 58.0 cm³/mol. The summed E-state index contributed by atoms with van der Waals surface area (Å²) in [6.45, 7) is 0. The van der Waals surface area contributed by atoms with Crippen molar-refractivity contribution in [2.24, 2.45) is 0 Å². The number of hydrogen-bond donors (Lipinski definition) is 1. The average molecular weight is 322 g/mol. The molecular weight excluding hydrogens is 316 g/mol. The van der Waals surface area contributed by atoms with Crippen LogP contribution in [0.15, 0.2) is 24.3 Å². The molecule has 1 aromatic rings. The van der Waals surface area contributed by atoms with E-state index in [9.17, 15) is 9.90 Å². The van der Waals surface area contributed by atoms with Gasteiger partial charge in [-0.15, -0.1) is 0 Å². The molecule has 0 aliphatic carbocycles. The van der Waals surface area contributed by atoms with Crippen LogP contribution in [0.2, 0.25) is 0 Å². The highest BCUT2D eigenvalue weighted by atomic mass is 79.9. The van der Waals surface area contributed by atoms with Crippen molar-refractivity contribution in [1.29, 1.82) is 0 Å². The van der Waals surface area contributed by atoms with Crippen LogP contribution >= 0.6 is 31.9 Å². The molecule has 0 spiro atoms. The molecule has 0 amide bonds. The Balaban J connectivity index is 2.55. The van der Waals surface area contributed by atoms with Gasteiger partial charge in [-0.05, 0) is 12.1 Å². The van der Waals surface area contributed by atoms with Crippen molar-refractivity contribution in [2.45, 2.75) is 9.52 Å². The number of ketones is 1.